The maximum absolute atomic E-state index is 4.20. The minimum absolute atomic E-state index is 0.548. The van der Waals surface area contributed by atoms with E-state index in [4.69, 9.17) is 0 Å². The Morgan fingerprint density at radius 3 is 3.00 bits per heavy atom. The summed E-state index contributed by atoms with van der Waals surface area (Å²) in [6.07, 6.45) is 5.95. The molecule has 18 heavy (non-hydrogen) atoms. The van der Waals surface area contributed by atoms with Gasteiger partial charge in [-0.05, 0) is 32.9 Å². The highest BCUT2D eigenvalue weighted by Gasteiger charge is 2.27. The van der Waals surface area contributed by atoms with Gasteiger partial charge in [0.05, 0.1) is 5.69 Å². The summed E-state index contributed by atoms with van der Waals surface area (Å²) in [5.41, 5.74) is 1.08. The summed E-state index contributed by atoms with van der Waals surface area (Å²) in [4.78, 5) is 2.56. The topological polar surface area (TPSA) is 46.0 Å². The molecule has 102 valence electrons. The van der Waals surface area contributed by atoms with Crippen molar-refractivity contribution in [3.05, 3.63) is 11.9 Å². The van der Waals surface area contributed by atoms with Gasteiger partial charge >= 0.3 is 0 Å². The van der Waals surface area contributed by atoms with E-state index in [1.54, 1.807) is 4.68 Å². The van der Waals surface area contributed by atoms with Crippen LogP contribution in [0.1, 0.15) is 38.8 Å². The van der Waals surface area contributed by atoms with Crippen LogP contribution in [0.4, 0.5) is 0 Å². The summed E-state index contributed by atoms with van der Waals surface area (Å²) in [7, 11) is 1.92. The highest BCUT2D eigenvalue weighted by molar-refractivity contribution is 4.95. The molecular formula is C13H25N5. The van der Waals surface area contributed by atoms with Gasteiger partial charge in [0.15, 0.2) is 0 Å². The number of nitrogens with one attached hydrogen (secondary N) is 1. The van der Waals surface area contributed by atoms with E-state index in [2.05, 4.69) is 34.4 Å². The molecule has 1 aromatic heterocycles. The lowest BCUT2D eigenvalue weighted by molar-refractivity contribution is 0.111. The van der Waals surface area contributed by atoms with Crippen molar-refractivity contribution in [3.63, 3.8) is 0 Å². The van der Waals surface area contributed by atoms with Gasteiger partial charge < -0.3 is 5.32 Å². The van der Waals surface area contributed by atoms with Crippen molar-refractivity contribution in [2.24, 2.45) is 7.05 Å². The van der Waals surface area contributed by atoms with Crippen LogP contribution >= 0.6 is 0 Å². The van der Waals surface area contributed by atoms with Crippen LogP contribution in [0.25, 0.3) is 0 Å². The molecule has 1 fully saturated rings. The molecule has 5 nitrogen and oxygen atoms in total. The zero-order chi connectivity index (χ0) is 13.0. The number of aromatic nitrogens is 3. The Morgan fingerprint density at radius 2 is 2.33 bits per heavy atom. The summed E-state index contributed by atoms with van der Waals surface area (Å²) in [5.74, 6) is 0. The predicted molar refractivity (Wildman–Crippen MR) is 72.2 cm³/mol. The van der Waals surface area contributed by atoms with Crippen molar-refractivity contribution in [1.82, 2.24) is 25.2 Å². The minimum Gasteiger partial charge on any atom is -0.313 e. The third-order valence-corrected chi connectivity index (χ3v) is 3.78. The maximum Gasteiger partial charge on any atom is 0.0967 e. The van der Waals surface area contributed by atoms with Crippen LogP contribution in [0, 0.1) is 0 Å². The second-order valence-corrected chi connectivity index (χ2v) is 5.26. The Balaban J connectivity index is 1.99. The van der Waals surface area contributed by atoms with Gasteiger partial charge in [0, 0.05) is 31.9 Å². The molecule has 1 aromatic rings. The summed E-state index contributed by atoms with van der Waals surface area (Å²) in [6, 6.07) is 1.17. The van der Waals surface area contributed by atoms with E-state index in [1.165, 1.54) is 25.8 Å². The number of hydrogen-bond acceptors (Lipinski definition) is 4. The molecule has 0 saturated carbocycles. The van der Waals surface area contributed by atoms with E-state index in [0.717, 1.165) is 18.8 Å². The number of likely N-dealkylation sites (tertiary alicyclic amines) is 1. The van der Waals surface area contributed by atoms with Gasteiger partial charge in [-0.25, -0.2) is 0 Å². The Hall–Kier alpha value is -0.940. The van der Waals surface area contributed by atoms with Crippen molar-refractivity contribution < 1.29 is 0 Å². The monoisotopic (exact) mass is 251 g/mol. The van der Waals surface area contributed by atoms with E-state index in [9.17, 15) is 0 Å². The lowest BCUT2D eigenvalue weighted by Gasteiger charge is -2.39. The number of nitrogens with zero attached hydrogens (tertiary/aromatic N) is 4. The van der Waals surface area contributed by atoms with Crippen LogP contribution in [0.5, 0.6) is 0 Å². The summed E-state index contributed by atoms with van der Waals surface area (Å²) in [5, 5.41) is 11.8. The quantitative estimate of drug-likeness (QED) is 0.853. The van der Waals surface area contributed by atoms with E-state index < -0.39 is 0 Å². The standard InChI is InChI=1S/C13H25N5/c1-4-14-11(2)13-7-5-6-8-18(13)10-12-9-17(3)16-15-12/h9,11,13-14H,4-8,10H2,1-3H3. The largest absolute Gasteiger partial charge is 0.313 e. The van der Waals surface area contributed by atoms with Gasteiger partial charge in [0.2, 0.25) is 0 Å². The van der Waals surface area contributed by atoms with Gasteiger partial charge in [0.1, 0.15) is 0 Å². The van der Waals surface area contributed by atoms with E-state index >= 15 is 0 Å². The Morgan fingerprint density at radius 1 is 1.50 bits per heavy atom. The fourth-order valence-corrected chi connectivity index (χ4v) is 2.91. The highest BCUT2D eigenvalue weighted by atomic mass is 15.4. The van der Waals surface area contributed by atoms with Gasteiger partial charge in [-0.3, -0.25) is 9.58 Å². The van der Waals surface area contributed by atoms with Crippen molar-refractivity contribution in [3.8, 4) is 0 Å². The molecule has 1 N–H and O–H groups in total. The highest BCUT2D eigenvalue weighted by Crippen LogP contribution is 2.21. The molecular weight excluding hydrogens is 226 g/mol. The summed E-state index contributed by atoms with van der Waals surface area (Å²) < 4.78 is 1.78. The number of aryl methyl sites for hydroxylation is 1. The van der Waals surface area contributed by atoms with Crippen LogP contribution in [-0.2, 0) is 13.6 Å². The molecule has 0 spiro atoms. The molecule has 1 saturated heterocycles. The number of hydrogen-bond donors (Lipinski definition) is 1. The Kier molecular flexibility index (Phi) is 4.72. The van der Waals surface area contributed by atoms with E-state index in [1.807, 2.05) is 13.2 Å². The minimum atomic E-state index is 0.548. The van der Waals surface area contributed by atoms with Crippen molar-refractivity contribution >= 4 is 0 Å². The zero-order valence-corrected chi connectivity index (χ0v) is 11.8. The van der Waals surface area contributed by atoms with Crippen LogP contribution < -0.4 is 5.32 Å². The molecule has 1 aliphatic heterocycles. The third-order valence-electron chi connectivity index (χ3n) is 3.78. The fraction of sp³-hybridized carbons (Fsp3) is 0.846. The Bertz CT molecular complexity index is 362. The van der Waals surface area contributed by atoms with E-state index in [0.29, 0.717) is 12.1 Å². The lowest BCUT2D eigenvalue weighted by atomic mass is 9.96. The molecule has 0 radical (unpaired) electrons. The lowest BCUT2D eigenvalue weighted by Crippen LogP contribution is -2.50. The normalized spacial score (nSPS) is 23.2. The van der Waals surface area contributed by atoms with E-state index in [-0.39, 0.29) is 0 Å². The average Bonchev–Trinajstić information content (AvgIpc) is 2.76. The van der Waals surface area contributed by atoms with Crippen molar-refractivity contribution in [2.45, 2.75) is 51.7 Å². The first-order valence-corrected chi connectivity index (χ1v) is 7.03. The zero-order valence-electron chi connectivity index (χ0n) is 11.8. The van der Waals surface area contributed by atoms with Gasteiger partial charge in [-0.2, -0.15) is 0 Å². The molecule has 0 bridgehead atoms. The molecule has 5 heteroatoms. The average molecular weight is 251 g/mol. The molecule has 2 atom stereocenters. The first-order chi connectivity index (χ1) is 8.70. The molecule has 2 heterocycles. The summed E-state index contributed by atoms with van der Waals surface area (Å²) >= 11 is 0. The first-order valence-electron chi connectivity index (χ1n) is 7.03. The second-order valence-electron chi connectivity index (χ2n) is 5.26. The fourth-order valence-electron chi connectivity index (χ4n) is 2.91. The molecule has 0 amide bonds. The molecule has 1 aliphatic rings. The maximum atomic E-state index is 4.20. The van der Waals surface area contributed by atoms with Crippen LogP contribution in [0.2, 0.25) is 0 Å². The molecule has 0 aromatic carbocycles. The van der Waals surface area contributed by atoms with Crippen LogP contribution in [0.3, 0.4) is 0 Å². The molecule has 2 rings (SSSR count). The van der Waals surface area contributed by atoms with Gasteiger partial charge in [0.25, 0.3) is 0 Å². The van der Waals surface area contributed by atoms with Gasteiger partial charge in [-0.15, -0.1) is 5.10 Å². The smallest absolute Gasteiger partial charge is 0.0967 e. The van der Waals surface area contributed by atoms with Crippen LogP contribution in [0.15, 0.2) is 6.20 Å². The van der Waals surface area contributed by atoms with Gasteiger partial charge in [-0.1, -0.05) is 18.6 Å². The Labute approximate surface area is 110 Å². The SMILES string of the molecule is CCNC(C)C1CCCCN1Cc1cn(C)nn1. The van der Waals surface area contributed by atoms with Crippen LogP contribution in [-0.4, -0.2) is 45.1 Å². The number of rotatable bonds is 5. The first kappa shape index (κ1) is 13.5. The van der Waals surface area contributed by atoms with Crippen molar-refractivity contribution in [2.75, 3.05) is 13.1 Å². The third kappa shape index (κ3) is 3.29. The second kappa shape index (κ2) is 6.29. The number of likely N-dealkylation sites (N-methyl/N-ethyl adjacent to an activating group) is 1. The predicted octanol–water partition coefficient (Wildman–Crippen LogP) is 1.17. The molecule has 0 aliphatic carbocycles. The molecule has 2 unspecified atom stereocenters. The number of piperidine rings is 1. The summed E-state index contributed by atoms with van der Waals surface area (Å²) in [6.45, 7) is 7.61. The van der Waals surface area contributed by atoms with Crippen molar-refractivity contribution in [1.29, 1.82) is 0 Å².